The average molecular weight is 428 g/mol. The van der Waals surface area contributed by atoms with Gasteiger partial charge in [0.1, 0.15) is 23.8 Å². The molecule has 0 saturated carbocycles. The number of rotatable bonds is 8. The highest BCUT2D eigenvalue weighted by atomic mass is 32.2. The summed E-state index contributed by atoms with van der Waals surface area (Å²) in [5.74, 6) is 0. The number of hydrogen-bond acceptors (Lipinski definition) is 5. The lowest BCUT2D eigenvalue weighted by Gasteiger charge is -2.41. The monoisotopic (exact) mass is 428 g/mol. The van der Waals surface area contributed by atoms with Crippen molar-refractivity contribution in [3.63, 3.8) is 0 Å². The molecule has 8 nitrogen and oxygen atoms in total. The van der Waals surface area contributed by atoms with Crippen molar-refractivity contribution in [3.05, 3.63) is 86.6 Å². The van der Waals surface area contributed by atoms with Gasteiger partial charge in [0.2, 0.25) is 0 Å². The zero-order chi connectivity index (χ0) is 21.3. The number of hydrogen-bond donors (Lipinski definition) is 0. The van der Waals surface area contributed by atoms with Crippen LogP contribution in [0.15, 0.2) is 69.7 Å². The number of halogens is 1. The Kier molecular flexibility index (Phi) is 7.96. The van der Waals surface area contributed by atoms with E-state index in [0.29, 0.717) is 0 Å². The summed E-state index contributed by atoms with van der Waals surface area (Å²) in [5.41, 5.74) is 18.9. The maximum Gasteiger partial charge on any atom is 0.141 e. The van der Waals surface area contributed by atoms with E-state index in [1.165, 1.54) is 11.8 Å². The van der Waals surface area contributed by atoms with Crippen LogP contribution < -0.4 is 0 Å². The molecule has 1 aliphatic rings. The molecule has 2 aromatic rings. The summed E-state index contributed by atoms with van der Waals surface area (Å²) in [5, 5.41) is 7.21. The molecule has 0 unspecified atom stereocenters. The molecule has 30 heavy (non-hydrogen) atoms. The Hall–Kier alpha value is -2.74. The van der Waals surface area contributed by atoms with Crippen LogP contribution >= 0.6 is 11.8 Å². The molecule has 10 heteroatoms. The van der Waals surface area contributed by atoms with Crippen LogP contribution in [0.1, 0.15) is 11.1 Å². The smallest absolute Gasteiger partial charge is 0.141 e. The Morgan fingerprint density at radius 1 is 1.10 bits per heavy atom. The van der Waals surface area contributed by atoms with Gasteiger partial charge in [-0.3, -0.25) is 0 Å². The van der Waals surface area contributed by atoms with Crippen molar-refractivity contribution in [2.24, 2.45) is 10.2 Å². The lowest BCUT2D eigenvalue weighted by atomic mass is 9.99. The molecule has 1 fully saturated rings. The third-order valence-corrected chi connectivity index (χ3v) is 5.83. The van der Waals surface area contributed by atoms with Crippen molar-refractivity contribution in [1.29, 1.82) is 0 Å². The number of benzene rings is 2. The fourth-order valence-corrected chi connectivity index (χ4v) is 4.24. The highest BCUT2D eigenvalue weighted by Gasteiger charge is 2.47. The first kappa shape index (κ1) is 22.0. The standard InChI is InChI=1S/C20H21FN6O2S/c1-13-7-9-15(10-8-13)30-20-18(25-27-23)17(21)19(16(29-20)11-24-26-22)28-12-14-5-3-2-4-6-14/h2-10,16-20H,11-12H2,1H3/t16-,17-,18-,19-,20+/m1/s1. The summed E-state index contributed by atoms with van der Waals surface area (Å²) in [6, 6.07) is 15.9. The normalized spacial score (nSPS) is 25.7. The third kappa shape index (κ3) is 5.66. The van der Waals surface area contributed by atoms with Crippen molar-refractivity contribution in [3.8, 4) is 0 Å². The van der Waals surface area contributed by atoms with Gasteiger partial charge in [-0.15, -0.1) is 0 Å². The topological polar surface area (TPSA) is 116 Å². The van der Waals surface area contributed by atoms with E-state index in [-0.39, 0.29) is 13.2 Å². The van der Waals surface area contributed by atoms with Gasteiger partial charge in [0.05, 0.1) is 19.3 Å². The van der Waals surface area contributed by atoms with Crippen LogP contribution in [0.3, 0.4) is 0 Å². The summed E-state index contributed by atoms with van der Waals surface area (Å²) < 4.78 is 27.3. The summed E-state index contributed by atoms with van der Waals surface area (Å²) in [6.07, 6.45) is -3.48. The van der Waals surface area contributed by atoms with E-state index in [1.807, 2.05) is 61.5 Å². The molecule has 0 aliphatic carbocycles. The second kappa shape index (κ2) is 10.9. The number of alkyl halides is 1. The van der Waals surface area contributed by atoms with Crippen LogP contribution in [0, 0.1) is 6.92 Å². The number of azide groups is 2. The van der Waals surface area contributed by atoms with E-state index in [9.17, 15) is 0 Å². The van der Waals surface area contributed by atoms with Crippen molar-refractivity contribution in [1.82, 2.24) is 0 Å². The maximum atomic E-state index is 15.5. The van der Waals surface area contributed by atoms with Crippen LogP contribution in [-0.4, -0.2) is 36.4 Å². The Morgan fingerprint density at radius 3 is 2.50 bits per heavy atom. The van der Waals surface area contributed by atoms with Crippen molar-refractivity contribution in [2.45, 2.75) is 48.3 Å². The van der Waals surface area contributed by atoms with E-state index < -0.39 is 29.9 Å². The summed E-state index contributed by atoms with van der Waals surface area (Å²) >= 11 is 1.26. The first-order chi connectivity index (χ1) is 14.6. The van der Waals surface area contributed by atoms with Crippen molar-refractivity contribution >= 4 is 11.8 Å². The Morgan fingerprint density at radius 2 is 1.83 bits per heavy atom. The largest absolute Gasteiger partial charge is 0.368 e. The molecule has 3 rings (SSSR count). The second-order valence-corrected chi connectivity index (χ2v) is 7.96. The lowest BCUT2D eigenvalue weighted by Crippen LogP contribution is -2.55. The molecule has 1 saturated heterocycles. The quantitative estimate of drug-likeness (QED) is 0.304. The van der Waals surface area contributed by atoms with Gasteiger partial charge in [-0.25, -0.2) is 4.39 Å². The van der Waals surface area contributed by atoms with Crippen LogP contribution in [0.4, 0.5) is 4.39 Å². The summed E-state index contributed by atoms with van der Waals surface area (Å²) in [4.78, 5) is 6.42. The van der Waals surface area contributed by atoms with Crippen LogP contribution in [-0.2, 0) is 16.1 Å². The molecule has 5 atom stereocenters. The number of nitrogens with zero attached hydrogens (tertiary/aromatic N) is 6. The zero-order valence-corrected chi connectivity index (χ0v) is 17.1. The van der Waals surface area contributed by atoms with Gasteiger partial charge in [0, 0.05) is 14.7 Å². The highest BCUT2D eigenvalue weighted by Crippen LogP contribution is 2.37. The predicted octanol–water partition coefficient (Wildman–Crippen LogP) is 5.72. The molecular weight excluding hydrogens is 407 g/mol. The van der Waals surface area contributed by atoms with Gasteiger partial charge >= 0.3 is 0 Å². The van der Waals surface area contributed by atoms with E-state index in [2.05, 4.69) is 20.1 Å². The van der Waals surface area contributed by atoms with Crippen LogP contribution in [0.25, 0.3) is 20.9 Å². The fraction of sp³-hybridized carbons (Fsp3) is 0.400. The molecule has 0 aromatic heterocycles. The average Bonchev–Trinajstić information content (AvgIpc) is 2.76. The van der Waals surface area contributed by atoms with Crippen LogP contribution in [0.5, 0.6) is 0 Å². The first-order valence-corrected chi connectivity index (χ1v) is 10.2. The van der Waals surface area contributed by atoms with Crippen molar-refractivity contribution < 1.29 is 13.9 Å². The van der Waals surface area contributed by atoms with E-state index in [4.69, 9.17) is 20.5 Å². The summed E-state index contributed by atoms with van der Waals surface area (Å²) in [6.45, 7) is 2.03. The maximum absolute atomic E-state index is 15.5. The molecular formula is C20H21FN6O2S. The minimum absolute atomic E-state index is 0.0929. The number of ether oxygens (including phenoxy) is 2. The molecule has 0 spiro atoms. The van der Waals surface area contributed by atoms with Gasteiger partial charge in [0.25, 0.3) is 0 Å². The molecule has 0 N–H and O–H groups in total. The van der Waals surface area contributed by atoms with Gasteiger partial charge in [0.15, 0.2) is 0 Å². The van der Waals surface area contributed by atoms with Crippen LogP contribution in [0.2, 0.25) is 0 Å². The van der Waals surface area contributed by atoms with Gasteiger partial charge in [-0.1, -0.05) is 70.0 Å². The Labute approximate surface area is 177 Å². The number of thioether (sulfide) groups is 1. The fourth-order valence-electron chi connectivity index (χ4n) is 3.14. The first-order valence-electron chi connectivity index (χ1n) is 9.36. The van der Waals surface area contributed by atoms with Gasteiger partial charge < -0.3 is 9.47 Å². The molecule has 0 amide bonds. The van der Waals surface area contributed by atoms with E-state index in [0.717, 1.165) is 16.0 Å². The van der Waals surface area contributed by atoms with Crippen molar-refractivity contribution in [2.75, 3.05) is 6.54 Å². The molecule has 2 aromatic carbocycles. The number of aryl methyl sites for hydroxylation is 1. The van der Waals surface area contributed by atoms with Gasteiger partial charge in [-0.2, -0.15) is 0 Å². The van der Waals surface area contributed by atoms with Gasteiger partial charge in [-0.05, 0) is 35.7 Å². The molecule has 0 radical (unpaired) electrons. The minimum Gasteiger partial charge on any atom is -0.368 e. The summed E-state index contributed by atoms with van der Waals surface area (Å²) in [7, 11) is 0. The highest BCUT2D eigenvalue weighted by molar-refractivity contribution is 7.99. The molecule has 1 heterocycles. The zero-order valence-electron chi connectivity index (χ0n) is 16.3. The second-order valence-electron chi connectivity index (χ2n) is 6.79. The van der Waals surface area contributed by atoms with E-state index >= 15 is 4.39 Å². The Bertz CT molecular complexity index is 917. The molecule has 1 aliphatic heterocycles. The molecule has 156 valence electrons. The minimum atomic E-state index is -1.62. The Balaban J connectivity index is 1.81. The lowest BCUT2D eigenvalue weighted by molar-refractivity contribution is -0.157. The molecule has 0 bridgehead atoms. The predicted molar refractivity (Wildman–Crippen MR) is 113 cm³/mol. The van der Waals surface area contributed by atoms with E-state index in [1.54, 1.807) is 0 Å². The third-order valence-electron chi connectivity index (χ3n) is 4.66. The SMILES string of the molecule is Cc1ccc(S[C@@H]2O[C@H](CN=[N+]=[N-])[C@@H](OCc3ccccc3)[C@H](F)[C@H]2N=[N+]=[N-])cc1.